The summed E-state index contributed by atoms with van der Waals surface area (Å²) in [5.74, 6) is 0. The van der Waals surface area contributed by atoms with Gasteiger partial charge in [-0.1, -0.05) is 37.3 Å². The second-order valence-corrected chi connectivity index (χ2v) is 4.57. The van der Waals surface area contributed by atoms with Crippen molar-refractivity contribution in [1.29, 1.82) is 0 Å². The molecular formula is C15H20O. The number of hydrogen-bond acceptors (Lipinski definition) is 1. The molecule has 2 rings (SSSR count). The van der Waals surface area contributed by atoms with Crippen LogP contribution in [0.5, 0.6) is 0 Å². The zero-order valence-corrected chi connectivity index (χ0v) is 9.99. The highest BCUT2D eigenvalue weighted by atomic mass is 16.5. The quantitative estimate of drug-likeness (QED) is 0.678. The lowest BCUT2D eigenvalue weighted by Crippen LogP contribution is -2.25. The van der Waals surface area contributed by atoms with Crippen LogP contribution in [0.3, 0.4) is 0 Å². The minimum atomic E-state index is 0.130. The van der Waals surface area contributed by atoms with Crippen molar-refractivity contribution in [2.75, 3.05) is 0 Å². The highest BCUT2D eigenvalue weighted by Gasteiger charge is 2.32. The van der Waals surface area contributed by atoms with E-state index in [9.17, 15) is 0 Å². The van der Waals surface area contributed by atoms with Gasteiger partial charge < -0.3 is 4.74 Å². The van der Waals surface area contributed by atoms with Crippen LogP contribution in [0, 0.1) is 0 Å². The number of benzene rings is 1. The predicted molar refractivity (Wildman–Crippen MR) is 68.1 cm³/mol. The van der Waals surface area contributed by atoms with Crippen LogP contribution in [-0.4, -0.2) is 5.60 Å². The van der Waals surface area contributed by atoms with Crippen LogP contribution < -0.4 is 0 Å². The Kier molecular flexibility index (Phi) is 3.66. The van der Waals surface area contributed by atoms with E-state index in [0.29, 0.717) is 0 Å². The molecule has 1 heteroatoms. The lowest BCUT2D eigenvalue weighted by atomic mass is 9.99. The summed E-state index contributed by atoms with van der Waals surface area (Å²) < 4.78 is 5.96. The van der Waals surface area contributed by atoms with Crippen LogP contribution in [0.2, 0.25) is 0 Å². The minimum absolute atomic E-state index is 0.130. The standard InChI is InChI=1S/C15H20O/c1-2-15(11-6-7-12-15)16-13-10-14-8-4-3-5-9-14/h3-5,8-10,13H,2,6-7,11-12H2,1H3. The molecule has 0 bridgehead atoms. The molecule has 1 saturated carbocycles. The lowest BCUT2D eigenvalue weighted by Gasteiger charge is -2.26. The van der Waals surface area contributed by atoms with Gasteiger partial charge in [0.05, 0.1) is 6.26 Å². The van der Waals surface area contributed by atoms with Crippen LogP contribution in [-0.2, 0) is 4.74 Å². The van der Waals surface area contributed by atoms with E-state index in [1.165, 1.54) is 31.2 Å². The molecule has 0 aromatic heterocycles. The van der Waals surface area contributed by atoms with E-state index in [1.807, 2.05) is 24.5 Å². The van der Waals surface area contributed by atoms with Crippen molar-refractivity contribution in [3.63, 3.8) is 0 Å². The highest BCUT2D eigenvalue weighted by Crippen LogP contribution is 2.36. The summed E-state index contributed by atoms with van der Waals surface area (Å²) in [6.07, 6.45) is 10.1. The van der Waals surface area contributed by atoms with Gasteiger partial charge in [0.25, 0.3) is 0 Å². The Labute approximate surface area is 98.1 Å². The molecule has 1 aliphatic carbocycles. The van der Waals surface area contributed by atoms with Gasteiger partial charge in [-0.25, -0.2) is 0 Å². The third kappa shape index (κ3) is 2.66. The van der Waals surface area contributed by atoms with Gasteiger partial charge >= 0.3 is 0 Å². The summed E-state index contributed by atoms with van der Waals surface area (Å²) in [7, 11) is 0. The molecule has 0 spiro atoms. The maximum Gasteiger partial charge on any atom is 0.108 e. The van der Waals surface area contributed by atoms with Crippen LogP contribution >= 0.6 is 0 Å². The third-order valence-electron chi connectivity index (χ3n) is 3.54. The summed E-state index contributed by atoms with van der Waals surface area (Å²) in [5.41, 5.74) is 1.33. The first-order valence-corrected chi connectivity index (χ1v) is 6.24. The van der Waals surface area contributed by atoms with Crippen molar-refractivity contribution >= 4 is 6.08 Å². The molecule has 1 fully saturated rings. The maximum absolute atomic E-state index is 5.96. The molecule has 16 heavy (non-hydrogen) atoms. The molecule has 0 aliphatic heterocycles. The fourth-order valence-corrected chi connectivity index (χ4v) is 2.40. The average molecular weight is 216 g/mol. The van der Waals surface area contributed by atoms with E-state index in [-0.39, 0.29) is 5.60 Å². The fourth-order valence-electron chi connectivity index (χ4n) is 2.40. The van der Waals surface area contributed by atoms with Crippen molar-refractivity contribution in [3.8, 4) is 0 Å². The maximum atomic E-state index is 5.96. The average Bonchev–Trinajstić information content (AvgIpc) is 2.80. The van der Waals surface area contributed by atoms with E-state index < -0.39 is 0 Å². The Bertz CT molecular complexity index is 334. The molecule has 0 amide bonds. The normalized spacial score (nSPS) is 19.1. The molecule has 0 unspecified atom stereocenters. The molecule has 0 heterocycles. The molecule has 1 aromatic carbocycles. The molecule has 1 aliphatic rings. The first kappa shape index (κ1) is 11.3. The SMILES string of the molecule is CCC1(OC=Cc2ccccc2)CCCC1. The Balaban J connectivity index is 1.93. The Morgan fingerprint density at radius 1 is 1.19 bits per heavy atom. The van der Waals surface area contributed by atoms with Crippen molar-refractivity contribution in [2.24, 2.45) is 0 Å². The summed E-state index contributed by atoms with van der Waals surface area (Å²) in [6, 6.07) is 10.3. The van der Waals surface area contributed by atoms with Gasteiger partial charge in [0, 0.05) is 0 Å². The highest BCUT2D eigenvalue weighted by molar-refractivity contribution is 5.47. The molecule has 0 radical (unpaired) electrons. The molecule has 1 nitrogen and oxygen atoms in total. The minimum Gasteiger partial charge on any atom is -0.495 e. The molecule has 0 atom stereocenters. The zero-order chi connectivity index (χ0) is 11.3. The predicted octanol–water partition coefficient (Wildman–Crippen LogP) is 4.40. The lowest BCUT2D eigenvalue weighted by molar-refractivity contribution is 0.0260. The third-order valence-corrected chi connectivity index (χ3v) is 3.54. The zero-order valence-electron chi connectivity index (χ0n) is 9.99. The van der Waals surface area contributed by atoms with E-state index in [2.05, 4.69) is 25.1 Å². The van der Waals surface area contributed by atoms with Crippen molar-refractivity contribution in [3.05, 3.63) is 42.2 Å². The van der Waals surface area contributed by atoms with Gasteiger partial charge in [-0.05, 0) is 43.7 Å². The van der Waals surface area contributed by atoms with Crippen molar-refractivity contribution in [2.45, 2.75) is 44.6 Å². The van der Waals surface area contributed by atoms with Gasteiger partial charge in [-0.2, -0.15) is 0 Å². The fraction of sp³-hybridized carbons (Fsp3) is 0.467. The van der Waals surface area contributed by atoms with Crippen molar-refractivity contribution < 1.29 is 4.74 Å². The van der Waals surface area contributed by atoms with E-state index in [0.717, 1.165) is 6.42 Å². The largest absolute Gasteiger partial charge is 0.495 e. The van der Waals surface area contributed by atoms with E-state index >= 15 is 0 Å². The molecule has 0 N–H and O–H groups in total. The first-order chi connectivity index (χ1) is 7.85. The topological polar surface area (TPSA) is 9.23 Å². The second kappa shape index (κ2) is 5.20. The summed E-state index contributed by atoms with van der Waals surface area (Å²) in [4.78, 5) is 0. The number of ether oxygens (including phenoxy) is 1. The van der Waals surface area contributed by atoms with E-state index in [4.69, 9.17) is 4.74 Å². The summed E-state index contributed by atoms with van der Waals surface area (Å²) in [6.45, 7) is 2.22. The summed E-state index contributed by atoms with van der Waals surface area (Å²) >= 11 is 0. The number of rotatable bonds is 4. The Morgan fingerprint density at radius 3 is 2.50 bits per heavy atom. The van der Waals surface area contributed by atoms with E-state index in [1.54, 1.807) is 0 Å². The number of hydrogen-bond donors (Lipinski definition) is 0. The van der Waals surface area contributed by atoms with Gasteiger partial charge in [0.2, 0.25) is 0 Å². The Morgan fingerprint density at radius 2 is 1.88 bits per heavy atom. The van der Waals surface area contributed by atoms with Crippen LogP contribution in [0.1, 0.15) is 44.6 Å². The second-order valence-electron chi connectivity index (χ2n) is 4.57. The van der Waals surface area contributed by atoms with Crippen LogP contribution in [0.25, 0.3) is 6.08 Å². The van der Waals surface area contributed by atoms with Gasteiger partial charge in [-0.3, -0.25) is 0 Å². The van der Waals surface area contributed by atoms with Crippen LogP contribution in [0.4, 0.5) is 0 Å². The first-order valence-electron chi connectivity index (χ1n) is 6.24. The summed E-state index contributed by atoms with van der Waals surface area (Å²) in [5, 5.41) is 0. The van der Waals surface area contributed by atoms with Gasteiger partial charge in [-0.15, -0.1) is 0 Å². The monoisotopic (exact) mass is 216 g/mol. The smallest absolute Gasteiger partial charge is 0.108 e. The molecule has 86 valence electrons. The van der Waals surface area contributed by atoms with Gasteiger partial charge in [0.15, 0.2) is 0 Å². The van der Waals surface area contributed by atoms with Crippen molar-refractivity contribution in [1.82, 2.24) is 0 Å². The molecular weight excluding hydrogens is 196 g/mol. The van der Waals surface area contributed by atoms with Gasteiger partial charge in [0.1, 0.15) is 5.60 Å². The molecule has 0 saturated heterocycles. The Hall–Kier alpha value is -1.24. The molecule has 1 aromatic rings. The van der Waals surface area contributed by atoms with Crippen LogP contribution in [0.15, 0.2) is 36.6 Å².